The molecular weight excluding hydrogens is 350 g/mol. The molecule has 2 aromatic rings. The summed E-state index contributed by atoms with van der Waals surface area (Å²) in [4.78, 5) is 35.1. The maximum Gasteiger partial charge on any atom is 0.420 e. The minimum atomic E-state index is -0.694. The third-order valence-electron chi connectivity index (χ3n) is 7.29. The van der Waals surface area contributed by atoms with Crippen molar-refractivity contribution in [1.29, 1.82) is 0 Å². The maximum atomic E-state index is 12.6. The van der Waals surface area contributed by atoms with Crippen molar-refractivity contribution >= 4 is 22.7 Å². The van der Waals surface area contributed by atoms with E-state index in [0.717, 1.165) is 12.8 Å². The molecule has 1 aromatic carbocycles. The van der Waals surface area contributed by atoms with Gasteiger partial charge in [-0.1, -0.05) is 20.8 Å². The van der Waals surface area contributed by atoms with Crippen molar-refractivity contribution < 1.29 is 14.1 Å². The lowest BCUT2D eigenvalue weighted by Crippen LogP contribution is -2.48. The number of fused-ring (bicyclic) bond motifs is 3. The highest BCUT2D eigenvalue weighted by Gasteiger charge is 2.61. The quantitative estimate of drug-likeness (QED) is 0.655. The summed E-state index contributed by atoms with van der Waals surface area (Å²) in [5.41, 5.74) is 0.556. The molecule has 144 valence electrons. The zero-order valence-electron chi connectivity index (χ0n) is 15.7. The van der Waals surface area contributed by atoms with E-state index in [9.17, 15) is 19.7 Å². The van der Waals surface area contributed by atoms with Gasteiger partial charge in [0.05, 0.1) is 16.5 Å². The number of nitrogens with zero attached hydrogens (tertiary/aromatic N) is 2. The van der Waals surface area contributed by atoms with Crippen LogP contribution in [-0.4, -0.2) is 21.4 Å². The Hall–Kier alpha value is -2.64. The topological polar surface area (TPSA) is 107 Å². The molecular formula is C19H23N3O5. The van der Waals surface area contributed by atoms with Crippen molar-refractivity contribution in [3.63, 3.8) is 0 Å². The predicted molar refractivity (Wildman–Crippen MR) is 98.3 cm³/mol. The lowest BCUT2D eigenvalue weighted by atomic mass is 9.69. The van der Waals surface area contributed by atoms with Crippen molar-refractivity contribution in [3.8, 4) is 0 Å². The smallest absolute Gasteiger partial charge is 0.407 e. The second kappa shape index (κ2) is 5.68. The monoisotopic (exact) mass is 373 g/mol. The Kier molecular flexibility index (Phi) is 3.73. The van der Waals surface area contributed by atoms with Gasteiger partial charge in [-0.2, -0.15) is 0 Å². The van der Waals surface area contributed by atoms with E-state index in [4.69, 9.17) is 4.42 Å². The number of hydrogen-bond acceptors (Lipinski definition) is 5. The second-order valence-corrected chi connectivity index (χ2v) is 8.59. The lowest BCUT2D eigenvalue weighted by molar-refractivity contribution is -0.384. The molecule has 2 aliphatic carbocycles. The summed E-state index contributed by atoms with van der Waals surface area (Å²) in [7, 11) is 0. The molecule has 2 aliphatic rings. The third kappa shape index (κ3) is 2.49. The molecule has 1 heterocycles. The number of oxazole rings is 1. The van der Waals surface area contributed by atoms with Gasteiger partial charge in [-0.3, -0.25) is 19.5 Å². The van der Waals surface area contributed by atoms with Crippen LogP contribution in [0.3, 0.4) is 0 Å². The van der Waals surface area contributed by atoms with Gasteiger partial charge in [0.1, 0.15) is 6.54 Å². The van der Waals surface area contributed by atoms with Crippen molar-refractivity contribution in [2.24, 2.45) is 16.7 Å². The van der Waals surface area contributed by atoms with Crippen LogP contribution >= 0.6 is 0 Å². The molecule has 1 amide bonds. The predicted octanol–water partition coefficient (Wildman–Crippen LogP) is 2.83. The summed E-state index contributed by atoms with van der Waals surface area (Å²) in [6.07, 6.45) is 3.25. The van der Waals surface area contributed by atoms with Crippen molar-refractivity contribution in [2.75, 3.05) is 0 Å². The van der Waals surface area contributed by atoms with Gasteiger partial charge in [0.25, 0.3) is 5.69 Å². The SMILES string of the molecule is CC1(C)[C@H]2CC[C@@]1(C)[C@@H](NC(=O)Cn1c(=O)oc3cc([N+](=O)[O-])ccc31)C2. The first-order valence-corrected chi connectivity index (χ1v) is 9.20. The number of carbonyl (C=O) groups excluding carboxylic acids is 1. The minimum absolute atomic E-state index is 0.0529. The number of hydrogen-bond donors (Lipinski definition) is 1. The van der Waals surface area contributed by atoms with Gasteiger partial charge in [0, 0.05) is 12.1 Å². The first-order chi connectivity index (χ1) is 12.6. The number of amides is 1. The van der Waals surface area contributed by atoms with Crippen LogP contribution in [0.2, 0.25) is 0 Å². The van der Waals surface area contributed by atoms with Gasteiger partial charge in [0.2, 0.25) is 5.91 Å². The van der Waals surface area contributed by atoms with E-state index < -0.39 is 10.7 Å². The van der Waals surface area contributed by atoms with Crippen LogP contribution in [0.1, 0.15) is 40.0 Å². The van der Waals surface area contributed by atoms with E-state index in [-0.39, 0.29) is 40.6 Å². The first kappa shape index (κ1) is 17.8. The van der Waals surface area contributed by atoms with Crippen molar-refractivity contribution in [2.45, 2.75) is 52.6 Å². The fourth-order valence-electron chi connectivity index (χ4n) is 5.12. The molecule has 4 rings (SSSR count). The minimum Gasteiger partial charge on any atom is -0.407 e. The summed E-state index contributed by atoms with van der Waals surface area (Å²) in [6.45, 7) is 6.63. The number of carbonyl (C=O) groups is 1. The van der Waals surface area contributed by atoms with Crippen molar-refractivity contribution in [3.05, 3.63) is 38.9 Å². The van der Waals surface area contributed by atoms with Gasteiger partial charge >= 0.3 is 5.76 Å². The van der Waals surface area contributed by atoms with Gasteiger partial charge < -0.3 is 9.73 Å². The Morgan fingerprint density at radius 3 is 2.74 bits per heavy atom. The Balaban J connectivity index is 1.55. The first-order valence-electron chi connectivity index (χ1n) is 9.20. The van der Waals surface area contributed by atoms with Crippen LogP contribution in [-0.2, 0) is 11.3 Å². The van der Waals surface area contributed by atoms with E-state index in [1.165, 1.54) is 29.2 Å². The Morgan fingerprint density at radius 1 is 1.41 bits per heavy atom. The van der Waals surface area contributed by atoms with E-state index >= 15 is 0 Å². The van der Waals surface area contributed by atoms with Crippen LogP contribution in [0.4, 0.5) is 5.69 Å². The third-order valence-corrected chi connectivity index (χ3v) is 7.29. The Morgan fingerprint density at radius 2 is 2.15 bits per heavy atom. The van der Waals surface area contributed by atoms with Crippen LogP contribution < -0.4 is 11.1 Å². The molecule has 2 fully saturated rings. The number of aromatic nitrogens is 1. The highest BCUT2D eigenvalue weighted by Crippen LogP contribution is 2.65. The summed E-state index contributed by atoms with van der Waals surface area (Å²) >= 11 is 0. The average Bonchev–Trinajstić information content (AvgIpc) is 3.09. The molecule has 1 N–H and O–H groups in total. The molecule has 0 aliphatic heterocycles. The zero-order chi connectivity index (χ0) is 19.6. The highest BCUT2D eigenvalue weighted by molar-refractivity contribution is 5.80. The second-order valence-electron chi connectivity index (χ2n) is 8.59. The lowest BCUT2D eigenvalue weighted by Gasteiger charge is -2.39. The molecule has 0 saturated heterocycles. The molecule has 0 radical (unpaired) electrons. The Labute approximate surface area is 155 Å². The molecule has 27 heavy (non-hydrogen) atoms. The Bertz CT molecular complexity index is 1000. The normalized spacial score (nSPS) is 28.6. The number of nitrogens with one attached hydrogen (secondary N) is 1. The molecule has 0 spiro atoms. The molecule has 8 heteroatoms. The standard InChI is InChI=1S/C19H23N3O5/c1-18(2)11-6-7-19(18,3)15(8-11)20-16(23)10-21-13-5-4-12(22(25)26)9-14(13)27-17(21)24/h4-5,9,11,15H,6-8,10H2,1-3H3,(H,20,23)/t11-,15-,19-/m0/s1. The molecule has 2 saturated carbocycles. The largest absolute Gasteiger partial charge is 0.420 e. The molecule has 0 unspecified atom stereocenters. The van der Waals surface area contributed by atoms with Crippen LogP contribution in [0.5, 0.6) is 0 Å². The van der Waals surface area contributed by atoms with E-state index in [1.54, 1.807) is 0 Å². The fraction of sp³-hybridized carbons (Fsp3) is 0.579. The van der Waals surface area contributed by atoms with Crippen molar-refractivity contribution in [1.82, 2.24) is 9.88 Å². The van der Waals surface area contributed by atoms with Crippen LogP contribution in [0.15, 0.2) is 27.4 Å². The molecule has 2 bridgehead atoms. The highest BCUT2D eigenvalue weighted by atomic mass is 16.6. The van der Waals surface area contributed by atoms with Gasteiger partial charge in [-0.25, -0.2) is 4.79 Å². The average molecular weight is 373 g/mol. The summed E-state index contributed by atoms with van der Waals surface area (Å²) < 4.78 is 6.30. The van der Waals surface area contributed by atoms with Gasteiger partial charge in [-0.15, -0.1) is 0 Å². The molecule has 8 nitrogen and oxygen atoms in total. The summed E-state index contributed by atoms with van der Waals surface area (Å²) in [5.74, 6) is -0.335. The zero-order valence-corrected chi connectivity index (χ0v) is 15.7. The number of benzene rings is 1. The molecule has 3 atom stereocenters. The van der Waals surface area contributed by atoms with E-state index in [0.29, 0.717) is 11.4 Å². The van der Waals surface area contributed by atoms with Crippen LogP contribution in [0.25, 0.3) is 11.1 Å². The number of non-ortho nitro benzene ring substituents is 1. The van der Waals surface area contributed by atoms with Crippen LogP contribution in [0, 0.1) is 26.9 Å². The maximum absolute atomic E-state index is 12.6. The number of rotatable bonds is 4. The van der Waals surface area contributed by atoms with Gasteiger partial charge in [-0.05, 0) is 42.1 Å². The van der Waals surface area contributed by atoms with E-state index in [2.05, 4.69) is 26.1 Å². The van der Waals surface area contributed by atoms with E-state index in [1.807, 2.05) is 0 Å². The van der Waals surface area contributed by atoms with Gasteiger partial charge in [0.15, 0.2) is 5.58 Å². The fourth-order valence-corrected chi connectivity index (χ4v) is 5.12. The molecule has 1 aromatic heterocycles. The number of nitro benzene ring substituents is 1. The summed E-state index contributed by atoms with van der Waals surface area (Å²) in [6, 6.07) is 4.03. The summed E-state index contributed by atoms with van der Waals surface area (Å²) in [5, 5.41) is 14.0. The number of nitro groups is 1.